The zero-order valence-corrected chi connectivity index (χ0v) is 15.2. The van der Waals surface area contributed by atoms with E-state index in [0.29, 0.717) is 40.1 Å². The summed E-state index contributed by atoms with van der Waals surface area (Å²) in [6.07, 6.45) is 3.54. The molecule has 1 unspecified atom stereocenters. The highest BCUT2D eigenvalue weighted by Gasteiger charge is 2.24. The van der Waals surface area contributed by atoms with Crippen LogP contribution in [0.25, 0.3) is 32.9 Å². The Morgan fingerprint density at radius 1 is 1.07 bits per heavy atom. The lowest BCUT2D eigenvalue weighted by Gasteiger charge is -2.33. The smallest absolute Gasteiger partial charge is 0.348 e. The van der Waals surface area contributed by atoms with Gasteiger partial charge in [0.25, 0.3) is 0 Å². The first-order valence-electron chi connectivity index (χ1n) is 9.46. The number of nitrogens with zero attached hydrogens (tertiary/aromatic N) is 1. The molecule has 5 rings (SSSR count). The van der Waals surface area contributed by atoms with E-state index in [1.165, 1.54) is 6.42 Å². The summed E-state index contributed by atoms with van der Waals surface area (Å²) in [4.78, 5) is 15.1. The monoisotopic (exact) mass is 363 g/mol. The maximum absolute atomic E-state index is 12.8. The molecule has 1 saturated heterocycles. The Balaban J connectivity index is 1.80. The van der Waals surface area contributed by atoms with Crippen molar-refractivity contribution in [2.45, 2.75) is 38.8 Å². The number of aromatic hydroxyl groups is 1. The largest absolute Gasteiger partial charge is 0.508 e. The van der Waals surface area contributed by atoms with Crippen molar-refractivity contribution in [3.63, 3.8) is 0 Å². The van der Waals surface area contributed by atoms with Crippen molar-refractivity contribution in [3.05, 3.63) is 52.4 Å². The normalized spacial score (nSPS) is 18.6. The van der Waals surface area contributed by atoms with E-state index in [1.807, 2.05) is 18.2 Å². The predicted molar refractivity (Wildman–Crippen MR) is 105 cm³/mol. The van der Waals surface area contributed by atoms with Crippen molar-refractivity contribution in [3.8, 4) is 5.75 Å². The van der Waals surface area contributed by atoms with Crippen LogP contribution in [0, 0.1) is 0 Å². The molecule has 0 radical (unpaired) electrons. The van der Waals surface area contributed by atoms with Crippen LogP contribution in [0.2, 0.25) is 0 Å². The molecule has 5 nitrogen and oxygen atoms in total. The quantitative estimate of drug-likeness (QED) is 0.520. The van der Waals surface area contributed by atoms with Crippen LogP contribution in [0.4, 0.5) is 0 Å². The van der Waals surface area contributed by atoms with Crippen molar-refractivity contribution >= 4 is 32.9 Å². The first-order chi connectivity index (χ1) is 13.1. The van der Waals surface area contributed by atoms with Gasteiger partial charge in [0.2, 0.25) is 0 Å². The molecule has 1 aliphatic heterocycles. The van der Waals surface area contributed by atoms with Crippen molar-refractivity contribution < 1.29 is 13.9 Å². The van der Waals surface area contributed by atoms with Crippen LogP contribution in [0.5, 0.6) is 5.75 Å². The maximum atomic E-state index is 12.8. The van der Waals surface area contributed by atoms with Gasteiger partial charge in [0.05, 0.1) is 5.39 Å². The zero-order chi connectivity index (χ0) is 18.5. The number of para-hydroxylation sites is 1. The summed E-state index contributed by atoms with van der Waals surface area (Å²) in [5, 5.41) is 12.5. The third kappa shape index (κ3) is 2.53. The van der Waals surface area contributed by atoms with Gasteiger partial charge in [-0.15, -0.1) is 0 Å². The number of fused-ring (bicyclic) bond motifs is 5. The molecule has 1 atom stereocenters. The number of phenols is 1. The van der Waals surface area contributed by atoms with Crippen LogP contribution in [0.1, 0.15) is 31.7 Å². The van der Waals surface area contributed by atoms with E-state index in [-0.39, 0.29) is 5.75 Å². The Morgan fingerprint density at radius 3 is 2.78 bits per heavy atom. The number of piperidine rings is 1. The number of hydrogen-bond donors (Lipinski definition) is 1. The third-order valence-electron chi connectivity index (χ3n) is 5.78. The number of hydrogen-bond acceptors (Lipinski definition) is 5. The Kier molecular flexibility index (Phi) is 3.72. The second-order valence-electron chi connectivity index (χ2n) is 7.44. The highest BCUT2D eigenvalue weighted by atomic mass is 16.4. The molecule has 1 fully saturated rings. The molecule has 2 aromatic carbocycles. The van der Waals surface area contributed by atoms with E-state index in [2.05, 4.69) is 11.8 Å². The van der Waals surface area contributed by atoms with Crippen molar-refractivity contribution in [2.75, 3.05) is 6.54 Å². The maximum Gasteiger partial charge on any atom is 0.348 e. The van der Waals surface area contributed by atoms with Gasteiger partial charge in [-0.05, 0) is 50.6 Å². The lowest BCUT2D eigenvalue weighted by molar-refractivity contribution is 0.152. The summed E-state index contributed by atoms with van der Waals surface area (Å²) in [5.41, 5.74) is 1.94. The molecule has 0 spiro atoms. The SMILES string of the molecule is CC1CCCCN1Cc1c(O)ccc2oc3c4ccccc4oc(=O)c3c12. The number of benzene rings is 2. The molecular weight excluding hydrogens is 342 g/mol. The third-order valence-corrected chi connectivity index (χ3v) is 5.78. The summed E-state index contributed by atoms with van der Waals surface area (Å²) >= 11 is 0. The summed E-state index contributed by atoms with van der Waals surface area (Å²) in [6, 6.07) is 11.2. The predicted octanol–water partition coefficient (Wildman–Crippen LogP) is 4.77. The molecule has 1 N–H and O–H groups in total. The fourth-order valence-electron chi connectivity index (χ4n) is 4.28. The van der Waals surface area contributed by atoms with E-state index in [0.717, 1.165) is 30.3 Å². The molecule has 0 aliphatic carbocycles. The second kappa shape index (κ2) is 6.13. The molecule has 27 heavy (non-hydrogen) atoms. The van der Waals surface area contributed by atoms with Gasteiger partial charge in [-0.25, -0.2) is 4.79 Å². The van der Waals surface area contributed by atoms with Gasteiger partial charge in [0.1, 0.15) is 22.3 Å². The van der Waals surface area contributed by atoms with E-state index < -0.39 is 5.63 Å². The molecule has 0 saturated carbocycles. The minimum Gasteiger partial charge on any atom is -0.508 e. The molecule has 2 aromatic heterocycles. The lowest BCUT2D eigenvalue weighted by Crippen LogP contribution is -2.36. The van der Waals surface area contributed by atoms with Crippen molar-refractivity contribution in [1.29, 1.82) is 0 Å². The standard InChI is InChI=1S/C22H21NO4/c1-13-6-4-5-11-23(13)12-15-16(24)9-10-18-19(15)20-21(26-18)14-7-2-3-8-17(14)27-22(20)25/h2-3,7-10,13,24H,4-6,11-12H2,1H3. The minimum atomic E-state index is -0.430. The van der Waals surface area contributed by atoms with E-state index in [4.69, 9.17) is 8.83 Å². The summed E-state index contributed by atoms with van der Waals surface area (Å²) < 4.78 is 11.6. The average molecular weight is 363 g/mol. The molecular formula is C22H21NO4. The lowest BCUT2D eigenvalue weighted by atomic mass is 10.00. The van der Waals surface area contributed by atoms with Gasteiger partial charge in [-0.3, -0.25) is 4.90 Å². The van der Waals surface area contributed by atoms with E-state index >= 15 is 0 Å². The first kappa shape index (κ1) is 16.4. The molecule has 3 heterocycles. The van der Waals surface area contributed by atoms with Gasteiger partial charge >= 0.3 is 5.63 Å². The summed E-state index contributed by atoms with van der Waals surface area (Å²) in [6.45, 7) is 3.79. The molecule has 138 valence electrons. The van der Waals surface area contributed by atoms with E-state index in [9.17, 15) is 9.90 Å². The highest BCUT2D eigenvalue weighted by Crippen LogP contribution is 2.38. The number of rotatable bonds is 2. The Morgan fingerprint density at radius 2 is 1.93 bits per heavy atom. The highest BCUT2D eigenvalue weighted by molar-refractivity contribution is 6.14. The van der Waals surface area contributed by atoms with Crippen LogP contribution in [0.3, 0.4) is 0 Å². The topological polar surface area (TPSA) is 66.8 Å². The molecule has 0 amide bonds. The fourth-order valence-corrected chi connectivity index (χ4v) is 4.28. The fraction of sp³-hybridized carbons (Fsp3) is 0.318. The van der Waals surface area contributed by atoms with Gasteiger partial charge in [0, 0.05) is 23.5 Å². The van der Waals surface area contributed by atoms with Gasteiger partial charge < -0.3 is 13.9 Å². The molecule has 1 aliphatic rings. The Bertz CT molecular complexity index is 1220. The first-order valence-corrected chi connectivity index (χ1v) is 9.46. The van der Waals surface area contributed by atoms with Crippen molar-refractivity contribution in [2.24, 2.45) is 0 Å². The van der Waals surface area contributed by atoms with Gasteiger partial charge in [-0.1, -0.05) is 18.6 Å². The Labute approximate surface area is 155 Å². The molecule has 5 heteroatoms. The number of furan rings is 1. The summed E-state index contributed by atoms with van der Waals surface area (Å²) in [7, 11) is 0. The van der Waals surface area contributed by atoms with Crippen molar-refractivity contribution in [1.82, 2.24) is 4.90 Å². The second-order valence-corrected chi connectivity index (χ2v) is 7.44. The van der Waals surface area contributed by atoms with Gasteiger partial charge in [-0.2, -0.15) is 0 Å². The summed E-state index contributed by atoms with van der Waals surface area (Å²) in [5.74, 6) is 0.190. The van der Waals surface area contributed by atoms with E-state index in [1.54, 1.807) is 18.2 Å². The van der Waals surface area contributed by atoms with Crippen LogP contribution in [-0.2, 0) is 6.54 Å². The number of phenolic OH excluding ortho intramolecular Hbond substituents is 1. The average Bonchev–Trinajstić information content (AvgIpc) is 3.06. The van der Waals surface area contributed by atoms with Gasteiger partial charge in [0.15, 0.2) is 5.58 Å². The van der Waals surface area contributed by atoms with Crippen LogP contribution < -0.4 is 5.63 Å². The van der Waals surface area contributed by atoms with Crippen LogP contribution in [-0.4, -0.2) is 22.6 Å². The van der Waals surface area contributed by atoms with Crippen LogP contribution >= 0.6 is 0 Å². The van der Waals surface area contributed by atoms with Crippen LogP contribution in [0.15, 0.2) is 50.0 Å². The minimum absolute atomic E-state index is 0.190. The Hall–Kier alpha value is -2.79. The molecule has 4 aromatic rings. The number of likely N-dealkylation sites (tertiary alicyclic amines) is 1. The molecule has 0 bridgehead atoms. The zero-order valence-electron chi connectivity index (χ0n) is 15.2.